The first-order chi connectivity index (χ1) is 7.44. The van der Waals surface area contributed by atoms with E-state index in [2.05, 4.69) is 0 Å². The van der Waals surface area contributed by atoms with Crippen molar-refractivity contribution in [1.29, 1.82) is 0 Å². The molecule has 0 saturated carbocycles. The number of carbonyl (C=O) groups excluding carboxylic acids is 1. The molecule has 0 spiro atoms. The summed E-state index contributed by atoms with van der Waals surface area (Å²) >= 11 is 0. The quantitative estimate of drug-likeness (QED) is 0.747. The highest BCUT2D eigenvalue weighted by molar-refractivity contribution is 7.91. The molecule has 1 aliphatic rings. The molecule has 94 valence electrons. The lowest BCUT2D eigenvalue weighted by molar-refractivity contribution is -0.130. The van der Waals surface area contributed by atoms with E-state index in [4.69, 9.17) is 5.73 Å². The predicted octanol–water partition coefficient (Wildman–Crippen LogP) is -0.239. The van der Waals surface area contributed by atoms with Crippen molar-refractivity contribution >= 4 is 15.7 Å². The normalized spacial score (nSPS) is 22.9. The molecule has 1 saturated heterocycles. The highest BCUT2D eigenvalue weighted by atomic mass is 32.2. The van der Waals surface area contributed by atoms with E-state index in [9.17, 15) is 13.2 Å². The number of rotatable bonds is 3. The molecule has 0 aromatic carbocycles. The number of likely N-dealkylation sites (tertiary alicyclic amines) is 1. The predicted molar refractivity (Wildman–Crippen MR) is 62.7 cm³/mol. The Labute approximate surface area is 96.9 Å². The lowest BCUT2D eigenvalue weighted by Crippen LogP contribution is -2.46. The zero-order valence-electron chi connectivity index (χ0n) is 9.68. The van der Waals surface area contributed by atoms with Gasteiger partial charge in [-0.1, -0.05) is 12.8 Å². The summed E-state index contributed by atoms with van der Waals surface area (Å²) in [7, 11) is -3.25. The molecular formula is C10H20N2O3S. The molecule has 0 radical (unpaired) electrons. The summed E-state index contributed by atoms with van der Waals surface area (Å²) in [6, 6.07) is 0.0109. The molecule has 5 nitrogen and oxygen atoms in total. The Balaban J connectivity index is 2.70. The van der Waals surface area contributed by atoms with Crippen LogP contribution in [-0.4, -0.2) is 50.4 Å². The maximum absolute atomic E-state index is 11.8. The van der Waals surface area contributed by atoms with Crippen LogP contribution in [0.2, 0.25) is 0 Å². The van der Waals surface area contributed by atoms with Crippen LogP contribution in [0.5, 0.6) is 0 Å². The van der Waals surface area contributed by atoms with E-state index in [0.717, 1.165) is 31.9 Å². The lowest BCUT2D eigenvalue weighted by atomic mass is 10.1. The Morgan fingerprint density at radius 3 is 2.62 bits per heavy atom. The van der Waals surface area contributed by atoms with Crippen molar-refractivity contribution in [3.05, 3.63) is 0 Å². The van der Waals surface area contributed by atoms with Crippen molar-refractivity contribution in [2.24, 2.45) is 5.73 Å². The molecular weight excluding hydrogens is 228 g/mol. The number of nitrogens with two attached hydrogens (primary N) is 1. The number of sulfone groups is 1. The second-order valence-corrected chi connectivity index (χ2v) is 6.54. The molecule has 1 heterocycles. The highest BCUT2D eigenvalue weighted by Gasteiger charge is 2.26. The zero-order chi connectivity index (χ0) is 12.2. The van der Waals surface area contributed by atoms with Gasteiger partial charge >= 0.3 is 0 Å². The molecule has 0 bridgehead atoms. The van der Waals surface area contributed by atoms with Crippen LogP contribution in [0.1, 0.15) is 25.7 Å². The molecule has 1 atom stereocenters. The number of hydrogen-bond acceptors (Lipinski definition) is 4. The van der Waals surface area contributed by atoms with Gasteiger partial charge in [0.05, 0.1) is 0 Å². The number of carbonyl (C=O) groups is 1. The van der Waals surface area contributed by atoms with E-state index in [-0.39, 0.29) is 11.9 Å². The largest absolute Gasteiger partial charge is 0.338 e. The molecule has 0 aromatic rings. The lowest BCUT2D eigenvalue weighted by Gasteiger charge is -2.28. The first kappa shape index (κ1) is 13.4. The van der Waals surface area contributed by atoms with E-state index in [1.807, 2.05) is 0 Å². The Morgan fingerprint density at radius 2 is 2.06 bits per heavy atom. The van der Waals surface area contributed by atoms with E-state index in [0.29, 0.717) is 13.1 Å². The molecule has 1 rings (SSSR count). The van der Waals surface area contributed by atoms with E-state index >= 15 is 0 Å². The minimum absolute atomic E-state index is 0.0109. The molecule has 0 aromatic heterocycles. The zero-order valence-corrected chi connectivity index (χ0v) is 10.5. The van der Waals surface area contributed by atoms with Gasteiger partial charge < -0.3 is 10.6 Å². The molecule has 0 aliphatic carbocycles. The fourth-order valence-corrected chi connectivity index (χ4v) is 2.67. The average molecular weight is 248 g/mol. The van der Waals surface area contributed by atoms with Crippen molar-refractivity contribution in [3.8, 4) is 0 Å². The van der Waals surface area contributed by atoms with Gasteiger partial charge in [0.1, 0.15) is 5.75 Å². The van der Waals surface area contributed by atoms with Crippen molar-refractivity contribution in [2.75, 3.05) is 25.1 Å². The van der Waals surface area contributed by atoms with Gasteiger partial charge in [0.15, 0.2) is 9.84 Å². The van der Waals surface area contributed by atoms with Crippen molar-refractivity contribution < 1.29 is 13.2 Å². The minimum Gasteiger partial charge on any atom is -0.338 e. The topological polar surface area (TPSA) is 80.5 Å². The molecule has 1 amide bonds. The van der Waals surface area contributed by atoms with Gasteiger partial charge in [0.2, 0.25) is 5.91 Å². The van der Waals surface area contributed by atoms with Crippen LogP contribution in [0.25, 0.3) is 0 Å². The highest BCUT2D eigenvalue weighted by Crippen LogP contribution is 2.16. The average Bonchev–Trinajstić information content (AvgIpc) is 2.39. The summed E-state index contributed by atoms with van der Waals surface area (Å²) in [6.45, 7) is 1.05. The summed E-state index contributed by atoms with van der Waals surface area (Å²) in [6.07, 6.45) is 5.04. The first-order valence-corrected chi connectivity index (χ1v) is 7.67. The SMILES string of the molecule is CS(=O)(=O)CC(=O)N1CCCCCC1CN. The molecule has 16 heavy (non-hydrogen) atoms. The summed E-state index contributed by atoms with van der Waals surface area (Å²) in [5, 5.41) is 0. The minimum atomic E-state index is -3.25. The summed E-state index contributed by atoms with van der Waals surface area (Å²) < 4.78 is 22.2. The molecule has 1 fully saturated rings. The molecule has 2 N–H and O–H groups in total. The smallest absolute Gasteiger partial charge is 0.238 e. The Hall–Kier alpha value is -0.620. The maximum atomic E-state index is 11.8. The Morgan fingerprint density at radius 1 is 1.38 bits per heavy atom. The van der Waals surface area contributed by atoms with Crippen LogP contribution >= 0.6 is 0 Å². The van der Waals surface area contributed by atoms with Crippen LogP contribution in [0.3, 0.4) is 0 Å². The van der Waals surface area contributed by atoms with E-state index in [1.165, 1.54) is 0 Å². The third-order valence-electron chi connectivity index (χ3n) is 2.86. The second kappa shape index (κ2) is 5.63. The second-order valence-electron chi connectivity index (χ2n) is 4.40. The summed E-state index contributed by atoms with van der Waals surface area (Å²) in [5.41, 5.74) is 5.62. The van der Waals surface area contributed by atoms with Crippen LogP contribution in [0, 0.1) is 0 Å². The summed E-state index contributed by atoms with van der Waals surface area (Å²) in [4.78, 5) is 13.5. The standard InChI is InChI=1S/C10H20N2O3S/c1-16(14,15)8-10(13)12-6-4-2-3-5-9(12)7-11/h9H,2-8,11H2,1H3. The third kappa shape index (κ3) is 4.09. The molecule has 1 unspecified atom stereocenters. The van der Waals surface area contributed by atoms with Crippen molar-refractivity contribution in [3.63, 3.8) is 0 Å². The molecule has 1 aliphatic heterocycles. The fraction of sp³-hybridized carbons (Fsp3) is 0.900. The van der Waals surface area contributed by atoms with Gasteiger partial charge in [0, 0.05) is 25.4 Å². The number of nitrogens with zero attached hydrogens (tertiary/aromatic N) is 1. The Kier molecular flexibility index (Phi) is 4.73. The van der Waals surface area contributed by atoms with Gasteiger partial charge in [-0.2, -0.15) is 0 Å². The van der Waals surface area contributed by atoms with Gasteiger partial charge in [-0.05, 0) is 12.8 Å². The first-order valence-electron chi connectivity index (χ1n) is 5.61. The number of hydrogen-bond donors (Lipinski definition) is 1. The summed E-state index contributed by atoms with van der Waals surface area (Å²) in [5.74, 6) is -0.705. The van der Waals surface area contributed by atoms with Gasteiger partial charge in [0.25, 0.3) is 0 Å². The van der Waals surface area contributed by atoms with Crippen LogP contribution < -0.4 is 5.73 Å². The van der Waals surface area contributed by atoms with Crippen LogP contribution in [0.4, 0.5) is 0 Å². The monoisotopic (exact) mass is 248 g/mol. The Bertz CT molecular complexity index is 340. The van der Waals surface area contributed by atoms with E-state index < -0.39 is 15.6 Å². The number of amides is 1. The van der Waals surface area contributed by atoms with Crippen LogP contribution in [-0.2, 0) is 14.6 Å². The molecule has 6 heteroatoms. The van der Waals surface area contributed by atoms with Gasteiger partial charge in [-0.3, -0.25) is 4.79 Å². The van der Waals surface area contributed by atoms with Gasteiger partial charge in [-0.25, -0.2) is 8.42 Å². The van der Waals surface area contributed by atoms with Crippen molar-refractivity contribution in [1.82, 2.24) is 4.90 Å². The third-order valence-corrected chi connectivity index (χ3v) is 3.63. The van der Waals surface area contributed by atoms with E-state index in [1.54, 1.807) is 4.90 Å². The van der Waals surface area contributed by atoms with Crippen molar-refractivity contribution in [2.45, 2.75) is 31.7 Å². The van der Waals surface area contributed by atoms with Crippen LogP contribution in [0.15, 0.2) is 0 Å². The van der Waals surface area contributed by atoms with Gasteiger partial charge in [-0.15, -0.1) is 0 Å². The maximum Gasteiger partial charge on any atom is 0.238 e. The fourth-order valence-electron chi connectivity index (χ4n) is 2.06.